The molecule has 6 nitrogen and oxygen atoms in total. The highest BCUT2D eigenvalue weighted by molar-refractivity contribution is 5.80. The van der Waals surface area contributed by atoms with E-state index in [0.29, 0.717) is 19.7 Å². The highest BCUT2D eigenvalue weighted by Gasteiger charge is 2.04. The van der Waals surface area contributed by atoms with Gasteiger partial charge in [-0.15, -0.1) is 0 Å². The fraction of sp³-hybridized carbons (Fsp3) is 0.385. The molecular formula is C13H18N4O2. The van der Waals surface area contributed by atoms with Crippen LogP contribution in [-0.4, -0.2) is 42.7 Å². The molecule has 0 aliphatic carbocycles. The molecule has 0 saturated heterocycles. The van der Waals surface area contributed by atoms with E-state index in [9.17, 15) is 4.79 Å². The molecule has 0 aromatic carbocycles. The first-order chi connectivity index (χ1) is 9.31. The van der Waals surface area contributed by atoms with E-state index in [1.807, 2.05) is 18.3 Å². The smallest absolute Gasteiger partial charge is 0.234 e. The van der Waals surface area contributed by atoms with E-state index in [4.69, 9.17) is 4.74 Å². The van der Waals surface area contributed by atoms with Crippen LogP contribution in [0.4, 0.5) is 0 Å². The standard InChI is InChI=1S/C13H18N4O2/c1-19-6-5-15-12(18)9-14-7-10-8-17-13-11(10)3-2-4-16-13/h2-4,8,14H,5-7,9H2,1H3,(H,15,18)(H,16,17). The van der Waals surface area contributed by atoms with Gasteiger partial charge in [0.2, 0.25) is 5.91 Å². The lowest BCUT2D eigenvalue weighted by Gasteiger charge is -2.05. The van der Waals surface area contributed by atoms with Gasteiger partial charge in [-0.3, -0.25) is 4.79 Å². The van der Waals surface area contributed by atoms with E-state index < -0.39 is 0 Å². The third kappa shape index (κ3) is 3.77. The number of pyridine rings is 1. The molecule has 2 rings (SSSR count). The summed E-state index contributed by atoms with van der Waals surface area (Å²) in [7, 11) is 1.61. The van der Waals surface area contributed by atoms with Crippen LogP contribution in [0.25, 0.3) is 11.0 Å². The van der Waals surface area contributed by atoms with Crippen molar-refractivity contribution >= 4 is 16.9 Å². The summed E-state index contributed by atoms with van der Waals surface area (Å²) in [6, 6.07) is 3.91. The van der Waals surface area contributed by atoms with E-state index >= 15 is 0 Å². The maximum absolute atomic E-state index is 11.5. The van der Waals surface area contributed by atoms with Gasteiger partial charge in [-0.25, -0.2) is 4.98 Å². The van der Waals surface area contributed by atoms with Gasteiger partial charge < -0.3 is 20.4 Å². The van der Waals surface area contributed by atoms with Gasteiger partial charge >= 0.3 is 0 Å². The summed E-state index contributed by atoms with van der Waals surface area (Å²) >= 11 is 0. The fourth-order valence-electron chi connectivity index (χ4n) is 1.82. The van der Waals surface area contributed by atoms with Gasteiger partial charge in [0.25, 0.3) is 0 Å². The number of ether oxygens (including phenoxy) is 1. The number of carbonyl (C=O) groups is 1. The van der Waals surface area contributed by atoms with Gasteiger partial charge in [0.15, 0.2) is 0 Å². The molecular weight excluding hydrogens is 244 g/mol. The van der Waals surface area contributed by atoms with Crippen LogP contribution in [0.5, 0.6) is 0 Å². The second-order valence-electron chi connectivity index (χ2n) is 4.16. The lowest BCUT2D eigenvalue weighted by Crippen LogP contribution is -2.35. The van der Waals surface area contributed by atoms with E-state index in [1.165, 1.54) is 0 Å². The zero-order chi connectivity index (χ0) is 13.5. The Morgan fingerprint density at radius 1 is 1.53 bits per heavy atom. The molecule has 2 aromatic heterocycles. The first-order valence-electron chi connectivity index (χ1n) is 6.18. The molecule has 3 N–H and O–H groups in total. The molecule has 0 unspecified atom stereocenters. The summed E-state index contributed by atoms with van der Waals surface area (Å²) < 4.78 is 4.86. The van der Waals surface area contributed by atoms with Crippen molar-refractivity contribution in [3.8, 4) is 0 Å². The maximum atomic E-state index is 11.5. The molecule has 2 aromatic rings. The van der Waals surface area contributed by atoms with Crippen molar-refractivity contribution in [2.24, 2.45) is 0 Å². The third-order valence-corrected chi connectivity index (χ3v) is 2.77. The second-order valence-corrected chi connectivity index (χ2v) is 4.16. The minimum absolute atomic E-state index is 0.0324. The van der Waals surface area contributed by atoms with E-state index in [1.54, 1.807) is 13.3 Å². The van der Waals surface area contributed by atoms with Crippen LogP contribution in [-0.2, 0) is 16.1 Å². The first kappa shape index (κ1) is 13.5. The van der Waals surface area contributed by atoms with Crippen LogP contribution in [0.1, 0.15) is 5.56 Å². The molecule has 19 heavy (non-hydrogen) atoms. The zero-order valence-electron chi connectivity index (χ0n) is 10.9. The molecule has 6 heteroatoms. The summed E-state index contributed by atoms with van der Waals surface area (Å²) in [5, 5.41) is 6.94. The topological polar surface area (TPSA) is 79.0 Å². The van der Waals surface area contributed by atoms with Crippen LogP contribution in [0.3, 0.4) is 0 Å². The Kier molecular flexibility index (Phi) is 4.88. The summed E-state index contributed by atoms with van der Waals surface area (Å²) in [6.45, 7) is 1.98. The Hall–Kier alpha value is -1.92. The van der Waals surface area contributed by atoms with Crippen molar-refractivity contribution < 1.29 is 9.53 Å². The Labute approximate surface area is 111 Å². The first-order valence-corrected chi connectivity index (χ1v) is 6.18. The van der Waals surface area contributed by atoms with Gasteiger partial charge in [-0.2, -0.15) is 0 Å². The predicted octanol–water partition coefficient (Wildman–Crippen LogP) is 0.415. The van der Waals surface area contributed by atoms with Crippen LogP contribution in [0, 0.1) is 0 Å². The van der Waals surface area contributed by atoms with Crippen molar-refractivity contribution in [1.29, 1.82) is 0 Å². The number of hydrogen-bond acceptors (Lipinski definition) is 4. The molecule has 0 bridgehead atoms. The van der Waals surface area contributed by atoms with E-state index in [2.05, 4.69) is 20.6 Å². The van der Waals surface area contributed by atoms with Gasteiger partial charge in [0.05, 0.1) is 13.2 Å². The number of rotatable bonds is 7. The largest absolute Gasteiger partial charge is 0.383 e. The second kappa shape index (κ2) is 6.86. The zero-order valence-corrected chi connectivity index (χ0v) is 10.9. The van der Waals surface area contributed by atoms with Gasteiger partial charge in [-0.1, -0.05) is 0 Å². The number of carbonyl (C=O) groups excluding carboxylic acids is 1. The monoisotopic (exact) mass is 262 g/mol. The molecule has 0 saturated carbocycles. The van der Waals surface area contributed by atoms with Crippen LogP contribution >= 0.6 is 0 Å². The lowest BCUT2D eigenvalue weighted by molar-refractivity contribution is -0.120. The van der Waals surface area contributed by atoms with Gasteiger partial charge in [0.1, 0.15) is 5.65 Å². The number of amides is 1. The number of aromatic amines is 1. The van der Waals surface area contributed by atoms with Crippen molar-refractivity contribution in [3.05, 3.63) is 30.1 Å². The average molecular weight is 262 g/mol. The van der Waals surface area contributed by atoms with Gasteiger partial charge in [-0.05, 0) is 17.7 Å². The number of fused-ring (bicyclic) bond motifs is 1. The highest BCUT2D eigenvalue weighted by Crippen LogP contribution is 2.14. The SMILES string of the molecule is COCCNC(=O)CNCc1c[nH]c2ncccc12. The molecule has 1 amide bonds. The van der Waals surface area contributed by atoms with E-state index in [-0.39, 0.29) is 12.5 Å². The lowest BCUT2D eigenvalue weighted by atomic mass is 10.2. The quantitative estimate of drug-likeness (QED) is 0.632. The van der Waals surface area contributed by atoms with Crippen LogP contribution < -0.4 is 10.6 Å². The van der Waals surface area contributed by atoms with Crippen molar-refractivity contribution in [2.45, 2.75) is 6.54 Å². The summed E-state index contributed by atoms with van der Waals surface area (Å²) in [5.41, 5.74) is 1.97. The number of nitrogens with zero attached hydrogens (tertiary/aromatic N) is 1. The van der Waals surface area contributed by atoms with Crippen LogP contribution in [0.15, 0.2) is 24.5 Å². The van der Waals surface area contributed by atoms with Crippen LogP contribution in [0.2, 0.25) is 0 Å². The summed E-state index contributed by atoms with van der Waals surface area (Å²) in [5.74, 6) is -0.0324. The number of hydrogen-bond donors (Lipinski definition) is 3. The van der Waals surface area contributed by atoms with E-state index in [0.717, 1.165) is 16.6 Å². The van der Waals surface area contributed by atoms with Crippen molar-refractivity contribution in [1.82, 2.24) is 20.6 Å². The van der Waals surface area contributed by atoms with Crippen molar-refractivity contribution in [3.63, 3.8) is 0 Å². The minimum atomic E-state index is -0.0324. The Morgan fingerprint density at radius 2 is 2.42 bits per heavy atom. The Balaban J connectivity index is 1.78. The molecule has 2 heterocycles. The molecule has 102 valence electrons. The maximum Gasteiger partial charge on any atom is 0.234 e. The predicted molar refractivity (Wildman–Crippen MR) is 72.7 cm³/mol. The Bertz CT molecular complexity index is 538. The summed E-state index contributed by atoms with van der Waals surface area (Å²) in [6.07, 6.45) is 3.66. The molecule has 0 atom stereocenters. The Morgan fingerprint density at radius 3 is 3.26 bits per heavy atom. The molecule has 0 radical (unpaired) electrons. The minimum Gasteiger partial charge on any atom is -0.383 e. The number of nitrogens with one attached hydrogen (secondary N) is 3. The third-order valence-electron chi connectivity index (χ3n) is 2.77. The normalized spacial score (nSPS) is 10.8. The van der Waals surface area contributed by atoms with Crippen molar-refractivity contribution in [2.75, 3.05) is 26.8 Å². The highest BCUT2D eigenvalue weighted by atomic mass is 16.5. The average Bonchev–Trinajstić information content (AvgIpc) is 2.83. The number of H-pyrrole nitrogens is 1. The summed E-state index contributed by atoms with van der Waals surface area (Å²) in [4.78, 5) is 18.8. The molecule has 0 aliphatic heterocycles. The number of aromatic nitrogens is 2. The molecule has 0 fully saturated rings. The molecule has 0 aliphatic rings. The molecule has 0 spiro atoms. The number of methoxy groups -OCH3 is 1. The fourth-order valence-corrected chi connectivity index (χ4v) is 1.82. The van der Waals surface area contributed by atoms with Gasteiger partial charge in [0, 0.05) is 38.0 Å².